The molecular weight excluding hydrogens is 512 g/mol. The van der Waals surface area contributed by atoms with Crippen molar-refractivity contribution in [3.05, 3.63) is 70.8 Å². The highest BCUT2D eigenvalue weighted by Crippen LogP contribution is 2.11. The zero-order chi connectivity index (χ0) is 28.5. The minimum atomic E-state index is -1.23. The molecule has 38 heavy (non-hydrogen) atoms. The second-order valence-corrected chi connectivity index (χ2v) is 10.2. The number of rotatable bonds is 12. The number of amides is 2. The van der Waals surface area contributed by atoms with Crippen molar-refractivity contribution in [1.29, 1.82) is 0 Å². The molecular formula is C28H37F2N3O4S. The third-order valence-corrected chi connectivity index (χ3v) is 6.72. The summed E-state index contributed by atoms with van der Waals surface area (Å²) in [6.07, 6.45) is 7.03. The van der Waals surface area contributed by atoms with Gasteiger partial charge < -0.3 is 20.7 Å². The zero-order valence-corrected chi connectivity index (χ0v) is 23.0. The summed E-state index contributed by atoms with van der Waals surface area (Å²) in [5.74, 6) is 1.74. The van der Waals surface area contributed by atoms with Gasteiger partial charge in [0.1, 0.15) is 17.7 Å². The van der Waals surface area contributed by atoms with E-state index < -0.39 is 34.6 Å². The van der Waals surface area contributed by atoms with Gasteiger partial charge in [0.25, 0.3) is 0 Å². The van der Waals surface area contributed by atoms with Crippen LogP contribution in [0, 0.1) is 30.9 Å². The molecule has 0 aliphatic rings. The van der Waals surface area contributed by atoms with E-state index in [-0.39, 0.29) is 11.7 Å². The fourth-order valence-corrected chi connectivity index (χ4v) is 4.77. The van der Waals surface area contributed by atoms with Gasteiger partial charge in [0.15, 0.2) is 0 Å². The number of ether oxygens (including phenoxy) is 1. The Morgan fingerprint density at radius 1 is 1.18 bits per heavy atom. The third kappa shape index (κ3) is 12.8. The Morgan fingerprint density at radius 3 is 2.42 bits per heavy atom. The van der Waals surface area contributed by atoms with Gasteiger partial charge in [0.05, 0.1) is 12.9 Å². The van der Waals surface area contributed by atoms with E-state index in [0.717, 1.165) is 30.0 Å². The number of terminal acetylenes is 1. The van der Waals surface area contributed by atoms with Gasteiger partial charge in [-0.1, -0.05) is 31.4 Å². The SMILES string of the molecule is C#Cc1cccc(CN(CCCN)C(=O)C(CS(=O)CCCC)NC(=O)OC)c1.Cc1cc(F)cc(F)c1. The number of nitrogens with one attached hydrogen (secondary N) is 1. The standard InChI is InChI=1S/C21H31N3O4S.C7H6F2/c1-4-6-13-29(27)16-19(23-21(26)28-3)20(25)24(12-8-11-22)15-18-10-7-9-17(5-2)14-18;1-5-2-6(8)4-7(9)3-5/h2,7,9-10,14,19H,4,6,8,11-13,15-16,22H2,1,3H3,(H,23,26);2-4H,1H3. The molecule has 2 amide bonds. The van der Waals surface area contributed by atoms with Crippen molar-refractivity contribution in [1.82, 2.24) is 10.2 Å². The number of carbonyl (C=O) groups excluding carboxylic acids is 2. The molecule has 2 atom stereocenters. The zero-order valence-electron chi connectivity index (χ0n) is 22.2. The number of nitrogens with zero attached hydrogens (tertiary/aromatic N) is 1. The number of unbranched alkanes of at least 4 members (excludes halogenated alkanes) is 1. The minimum absolute atomic E-state index is 0.0391. The van der Waals surface area contributed by atoms with Crippen molar-refractivity contribution in [3.8, 4) is 12.3 Å². The number of alkyl carbamates (subject to hydrolysis) is 1. The van der Waals surface area contributed by atoms with Gasteiger partial charge in [0.2, 0.25) is 5.91 Å². The molecule has 2 unspecified atom stereocenters. The van der Waals surface area contributed by atoms with Crippen LogP contribution in [0.2, 0.25) is 0 Å². The van der Waals surface area contributed by atoms with Crippen molar-refractivity contribution in [2.24, 2.45) is 5.73 Å². The highest BCUT2D eigenvalue weighted by atomic mass is 32.2. The van der Waals surface area contributed by atoms with Crippen LogP contribution < -0.4 is 11.1 Å². The summed E-state index contributed by atoms with van der Waals surface area (Å²) in [7, 11) is -0.00716. The van der Waals surface area contributed by atoms with Gasteiger partial charge >= 0.3 is 6.09 Å². The van der Waals surface area contributed by atoms with Crippen LogP contribution in [0.15, 0.2) is 42.5 Å². The van der Waals surface area contributed by atoms with E-state index in [4.69, 9.17) is 12.2 Å². The van der Waals surface area contributed by atoms with Crippen LogP contribution in [0.4, 0.5) is 13.6 Å². The third-order valence-electron chi connectivity index (χ3n) is 5.27. The number of benzene rings is 2. The first kappa shape index (κ1) is 32.7. The Balaban J connectivity index is 0.000000671. The van der Waals surface area contributed by atoms with E-state index in [2.05, 4.69) is 16.0 Å². The van der Waals surface area contributed by atoms with Crippen LogP contribution in [-0.4, -0.2) is 58.9 Å². The Morgan fingerprint density at radius 2 is 1.87 bits per heavy atom. The predicted octanol–water partition coefficient (Wildman–Crippen LogP) is 3.89. The number of methoxy groups -OCH3 is 1. The molecule has 0 aromatic heterocycles. The molecule has 0 radical (unpaired) electrons. The lowest BCUT2D eigenvalue weighted by Gasteiger charge is -2.27. The topological polar surface area (TPSA) is 102 Å². The Labute approximate surface area is 226 Å². The summed E-state index contributed by atoms with van der Waals surface area (Å²) < 4.78 is 41.4. The normalized spacial score (nSPS) is 11.8. The molecule has 10 heteroatoms. The van der Waals surface area contributed by atoms with Crippen molar-refractivity contribution in [3.63, 3.8) is 0 Å². The molecule has 7 nitrogen and oxygen atoms in total. The summed E-state index contributed by atoms with van der Waals surface area (Å²) in [6.45, 7) is 4.80. The number of carbonyl (C=O) groups is 2. The second kappa shape index (κ2) is 18.0. The predicted molar refractivity (Wildman–Crippen MR) is 147 cm³/mol. The van der Waals surface area contributed by atoms with Gasteiger partial charge in [-0.15, -0.1) is 6.42 Å². The van der Waals surface area contributed by atoms with Crippen LogP contribution in [0.1, 0.15) is 42.9 Å². The number of hydrogen-bond donors (Lipinski definition) is 2. The monoisotopic (exact) mass is 549 g/mol. The molecule has 0 bridgehead atoms. The van der Waals surface area contributed by atoms with Crippen LogP contribution >= 0.6 is 0 Å². The first-order chi connectivity index (χ1) is 18.1. The minimum Gasteiger partial charge on any atom is -0.453 e. The molecule has 0 fully saturated rings. The maximum Gasteiger partial charge on any atom is 0.407 e. The summed E-state index contributed by atoms with van der Waals surface area (Å²) >= 11 is 0. The van der Waals surface area contributed by atoms with E-state index in [1.807, 2.05) is 31.2 Å². The molecule has 2 rings (SSSR count). The first-order valence-electron chi connectivity index (χ1n) is 12.3. The highest BCUT2D eigenvalue weighted by Gasteiger charge is 2.28. The van der Waals surface area contributed by atoms with E-state index >= 15 is 0 Å². The lowest BCUT2D eigenvalue weighted by molar-refractivity contribution is -0.133. The van der Waals surface area contributed by atoms with Crippen molar-refractivity contribution in [2.45, 2.75) is 45.7 Å². The molecule has 0 saturated carbocycles. The maximum absolute atomic E-state index is 13.2. The molecule has 2 aromatic rings. The Kier molecular flexibility index (Phi) is 15.5. The molecule has 0 saturated heterocycles. The van der Waals surface area contributed by atoms with E-state index in [1.54, 1.807) is 11.8 Å². The molecule has 208 valence electrons. The quantitative estimate of drug-likeness (QED) is 0.391. The first-order valence-corrected chi connectivity index (χ1v) is 13.8. The lowest BCUT2D eigenvalue weighted by Crippen LogP contribution is -2.51. The molecule has 0 aliphatic carbocycles. The average Bonchev–Trinajstić information content (AvgIpc) is 2.88. The number of aryl methyl sites for hydroxylation is 1. The van der Waals surface area contributed by atoms with Crippen LogP contribution in [-0.2, 0) is 26.9 Å². The molecule has 0 heterocycles. The van der Waals surface area contributed by atoms with Crippen molar-refractivity contribution in [2.75, 3.05) is 31.7 Å². The smallest absolute Gasteiger partial charge is 0.407 e. The van der Waals surface area contributed by atoms with Crippen molar-refractivity contribution >= 4 is 22.8 Å². The molecule has 0 spiro atoms. The van der Waals surface area contributed by atoms with Gasteiger partial charge in [-0.2, -0.15) is 0 Å². The van der Waals surface area contributed by atoms with Gasteiger partial charge in [-0.3, -0.25) is 9.00 Å². The second-order valence-electron chi connectivity index (χ2n) is 8.55. The molecule has 0 aliphatic heterocycles. The van der Waals surface area contributed by atoms with E-state index in [0.29, 0.717) is 37.4 Å². The summed E-state index contributed by atoms with van der Waals surface area (Å²) in [6, 6.07) is 9.85. The number of nitrogens with two attached hydrogens (primary N) is 1. The Hall–Kier alpha value is -3.29. The van der Waals surface area contributed by atoms with E-state index in [1.165, 1.54) is 19.2 Å². The van der Waals surface area contributed by atoms with E-state index in [9.17, 15) is 22.6 Å². The summed E-state index contributed by atoms with van der Waals surface area (Å²) in [4.78, 5) is 26.6. The van der Waals surface area contributed by atoms with Gasteiger partial charge in [-0.25, -0.2) is 13.6 Å². The molecule has 2 aromatic carbocycles. The van der Waals surface area contributed by atoms with Gasteiger partial charge in [-0.05, 0) is 61.7 Å². The number of hydrogen-bond acceptors (Lipinski definition) is 5. The maximum atomic E-state index is 13.2. The largest absolute Gasteiger partial charge is 0.453 e. The van der Waals surface area contributed by atoms with Crippen LogP contribution in [0.25, 0.3) is 0 Å². The number of halogens is 2. The fourth-order valence-electron chi connectivity index (χ4n) is 3.39. The fraction of sp³-hybridized carbons (Fsp3) is 0.429. The average molecular weight is 550 g/mol. The highest BCUT2D eigenvalue weighted by molar-refractivity contribution is 7.85. The lowest BCUT2D eigenvalue weighted by atomic mass is 10.1. The Bertz CT molecular complexity index is 1060. The molecule has 3 N–H and O–H groups in total. The summed E-state index contributed by atoms with van der Waals surface area (Å²) in [5.41, 5.74) is 7.82. The van der Waals surface area contributed by atoms with Crippen LogP contribution in [0.3, 0.4) is 0 Å². The van der Waals surface area contributed by atoms with Crippen LogP contribution in [0.5, 0.6) is 0 Å². The summed E-state index contributed by atoms with van der Waals surface area (Å²) in [5, 5.41) is 2.53. The van der Waals surface area contributed by atoms with Crippen molar-refractivity contribution < 1.29 is 27.3 Å². The van der Waals surface area contributed by atoms with Gasteiger partial charge in [0, 0.05) is 41.3 Å².